The summed E-state index contributed by atoms with van der Waals surface area (Å²) < 4.78 is 4.95. The smallest absolute Gasteiger partial charge is 0.354 e. The van der Waals surface area contributed by atoms with Crippen LogP contribution < -0.4 is 5.43 Å². The largest absolute Gasteiger partial charge is 0.453 e. The van der Waals surface area contributed by atoms with Crippen LogP contribution in [0.4, 0.5) is 0 Å². The number of nitrogens with one attached hydrogen (secondary N) is 1. The Kier molecular flexibility index (Phi) is 4.47. The molecule has 1 heterocycles. The van der Waals surface area contributed by atoms with Crippen molar-refractivity contribution in [3.05, 3.63) is 34.9 Å². The fourth-order valence-electron chi connectivity index (χ4n) is 2.04. The predicted molar refractivity (Wildman–Crippen MR) is 76.0 cm³/mol. The number of amides is 1. The van der Waals surface area contributed by atoms with Crippen molar-refractivity contribution in [1.29, 1.82) is 0 Å². The van der Waals surface area contributed by atoms with Gasteiger partial charge in [0.15, 0.2) is 6.61 Å². The van der Waals surface area contributed by atoms with Crippen LogP contribution in [0, 0.1) is 13.8 Å². The van der Waals surface area contributed by atoms with E-state index in [0.29, 0.717) is 5.56 Å². The SMILES string of the molecule is Cc1ccc(C(=O)COC(=O)C2=NNC(=O)CC2)c(C)c1. The molecule has 0 unspecified atom stereocenters. The molecule has 1 aromatic rings. The summed E-state index contributed by atoms with van der Waals surface area (Å²) >= 11 is 0. The molecule has 21 heavy (non-hydrogen) atoms. The van der Waals surface area contributed by atoms with E-state index in [1.165, 1.54) is 0 Å². The lowest BCUT2D eigenvalue weighted by atomic mass is 10.0. The molecule has 0 bridgehead atoms. The van der Waals surface area contributed by atoms with Crippen LogP contribution in [0.1, 0.15) is 34.3 Å². The Balaban J connectivity index is 1.95. The third-order valence-corrected chi connectivity index (χ3v) is 3.16. The second kappa shape index (κ2) is 6.30. The zero-order valence-corrected chi connectivity index (χ0v) is 11.9. The van der Waals surface area contributed by atoms with Crippen LogP contribution in [0.25, 0.3) is 0 Å². The average Bonchev–Trinajstić information content (AvgIpc) is 2.45. The number of hydrogen-bond acceptors (Lipinski definition) is 5. The van der Waals surface area contributed by atoms with Gasteiger partial charge >= 0.3 is 5.97 Å². The lowest BCUT2D eigenvalue weighted by Gasteiger charge is -2.11. The van der Waals surface area contributed by atoms with Gasteiger partial charge in [0.05, 0.1) is 0 Å². The molecule has 110 valence electrons. The first-order valence-electron chi connectivity index (χ1n) is 6.60. The molecule has 1 aliphatic heterocycles. The Hall–Kier alpha value is -2.50. The van der Waals surface area contributed by atoms with Crippen LogP contribution in [0.15, 0.2) is 23.3 Å². The quantitative estimate of drug-likeness (QED) is 0.668. The van der Waals surface area contributed by atoms with Crippen LogP contribution in [-0.4, -0.2) is 30.0 Å². The van der Waals surface area contributed by atoms with Crippen LogP contribution in [0.2, 0.25) is 0 Å². The minimum Gasteiger partial charge on any atom is -0.453 e. The molecular weight excluding hydrogens is 272 g/mol. The molecule has 0 aliphatic carbocycles. The first-order valence-corrected chi connectivity index (χ1v) is 6.60. The molecule has 6 heteroatoms. The summed E-state index contributed by atoms with van der Waals surface area (Å²) in [5.41, 5.74) is 4.78. The number of aryl methyl sites for hydroxylation is 2. The topological polar surface area (TPSA) is 84.8 Å². The Morgan fingerprint density at radius 2 is 2.05 bits per heavy atom. The number of carbonyl (C=O) groups excluding carboxylic acids is 3. The summed E-state index contributed by atoms with van der Waals surface area (Å²) in [5.74, 6) is -1.17. The lowest BCUT2D eigenvalue weighted by molar-refractivity contribution is -0.134. The minimum atomic E-state index is -0.673. The zero-order chi connectivity index (χ0) is 15.4. The maximum absolute atomic E-state index is 12.0. The molecular formula is C15H16N2O4. The van der Waals surface area contributed by atoms with Gasteiger partial charge in [0.25, 0.3) is 0 Å². The zero-order valence-electron chi connectivity index (χ0n) is 11.9. The minimum absolute atomic E-state index is 0.128. The van der Waals surface area contributed by atoms with Crippen molar-refractivity contribution < 1.29 is 19.1 Å². The van der Waals surface area contributed by atoms with Crippen molar-refractivity contribution in [2.24, 2.45) is 5.10 Å². The molecule has 0 atom stereocenters. The molecule has 0 saturated carbocycles. The Morgan fingerprint density at radius 1 is 1.29 bits per heavy atom. The second-order valence-corrected chi connectivity index (χ2v) is 4.91. The molecule has 1 N–H and O–H groups in total. The van der Waals surface area contributed by atoms with Gasteiger partial charge in [-0.3, -0.25) is 9.59 Å². The molecule has 2 rings (SSSR count). The number of rotatable bonds is 4. The van der Waals surface area contributed by atoms with Crippen molar-refractivity contribution in [3.8, 4) is 0 Å². The van der Waals surface area contributed by atoms with E-state index in [1.54, 1.807) is 6.07 Å². The summed E-state index contributed by atoms with van der Waals surface area (Å²) in [4.78, 5) is 34.7. The summed E-state index contributed by atoms with van der Waals surface area (Å²) in [6.45, 7) is 3.44. The molecule has 0 saturated heterocycles. The molecule has 6 nitrogen and oxygen atoms in total. The van der Waals surface area contributed by atoms with Crippen molar-refractivity contribution in [1.82, 2.24) is 5.43 Å². The second-order valence-electron chi connectivity index (χ2n) is 4.91. The van der Waals surface area contributed by atoms with Gasteiger partial charge in [0.1, 0.15) is 5.71 Å². The van der Waals surface area contributed by atoms with Crippen LogP contribution in [0.3, 0.4) is 0 Å². The van der Waals surface area contributed by atoms with Gasteiger partial charge in [0, 0.05) is 18.4 Å². The fourth-order valence-corrected chi connectivity index (χ4v) is 2.04. The van der Waals surface area contributed by atoms with E-state index in [1.807, 2.05) is 26.0 Å². The number of nitrogens with zero attached hydrogens (tertiary/aromatic N) is 1. The maximum atomic E-state index is 12.0. The standard InChI is InChI=1S/C15H16N2O4/c1-9-3-4-11(10(2)7-9)13(18)8-21-15(20)12-5-6-14(19)17-16-12/h3-4,7H,5-6,8H2,1-2H3,(H,17,19). The number of Topliss-reactive ketones (excluding diaryl/α,β-unsaturated/α-hetero) is 1. The summed E-state index contributed by atoms with van der Waals surface area (Å²) in [6.07, 6.45) is 0.418. The monoisotopic (exact) mass is 288 g/mol. The number of carbonyl (C=O) groups is 3. The molecule has 0 fully saturated rings. The van der Waals surface area contributed by atoms with E-state index < -0.39 is 5.97 Å². The Labute approximate surface area is 122 Å². The van der Waals surface area contributed by atoms with Crippen LogP contribution >= 0.6 is 0 Å². The highest BCUT2D eigenvalue weighted by molar-refractivity contribution is 6.37. The molecule has 0 radical (unpaired) electrons. The summed E-state index contributed by atoms with van der Waals surface area (Å²) in [6, 6.07) is 5.46. The Bertz CT molecular complexity index is 635. The molecule has 1 aromatic carbocycles. The van der Waals surface area contributed by atoms with Gasteiger partial charge in [-0.1, -0.05) is 23.8 Å². The van der Waals surface area contributed by atoms with E-state index in [2.05, 4.69) is 10.5 Å². The van der Waals surface area contributed by atoms with Gasteiger partial charge < -0.3 is 4.74 Å². The lowest BCUT2D eigenvalue weighted by Crippen LogP contribution is -2.31. The molecule has 0 aromatic heterocycles. The molecule has 0 spiro atoms. The first kappa shape index (κ1) is 14.9. The third kappa shape index (κ3) is 3.75. The van der Waals surface area contributed by atoms with E-state index >= 15 is 0 Å². The maximum Gasteiger partial charge on any atom is 0.354 e. The highest BCUT2D eigenvalue weighted by Crippen LogP contribution is 2.11. The Morgan fingerprint density at radius 3 is 2.67 bits per heavy atom. The first-order chi connectivity index (χ1) is 9.97. The van der Waals surface area contributed by atoms with Gasteiger partial charge in [-0.15, -0.1) is 0 Å². The van der Waals surface area contributed by atoms with E-state index in [-0.39, 0.29) is 36.9 Å². The van der Waals surface area contributed by atoms with Gasteiger partial charge in [-0.05, 0) is 19.4 Å². The molecule has 1 amide bonds. The predicted octanol–water partition coefficient (Wildman–Crippen LogP) is 1.30. The average molecular weight is 288 g/mol. The summed E-state index contributed by atoms with van der Waals surface area (Å²) in [5, 5.41) is 3.62. The van der Waals surface area contributed by atoms with E-state index in [9.17, 15) is 14.4 Å². The van der Waals surface area contributed by atoms with E-state index in [4.69, 9.17) is 4.74 Å². The van der Waals surface area contributed by atoms with Crippen molar-refractivity contribution >= 4 is 23.4 Å². The number of ether oxygens (including phenoxy) is 1. The number of ketones is 1. The summed E-state index contributed by atoms with van der Waals surface area (Å²) in [7, 11) is 0. The highest BCUT2D eigenvalue weighted by atomic mass is 16.5. The van der Waals surface area contributed by atoms with Crippen molar-refractivity contribution in [2.75, 3.05) is 6.61 Å². The van der Waals surface area contributed by atoms with Crippen LogP contribution in [-0.2, 0) is 14.3 Å². The van der Waals surface area contributed by atoms with Crippen molar-refractivity contribution in [2.45, 2.75) is 26.7 Å². The molecule has 1 aliphatic rings. The highest BCUT2D eigenvalue weighted by Gasteiger charge is 2.21. The normalized spacial score (nSPS) is 14.2. The van der Waals surface area contributed by atoms with Gasteiger partial charge in [-0.2, -0.15) is 5.10 Å². The van der Waals surface area contributed by atoms with E-state index in [0.717, 1.165) is 11.1 Å². The number of esters is 1. The number of hydrogen-bond donors (Lipinski definition) is 1. The van der Waals surface area contributed by atoms with Crippen molar-refractivity contribution in [3.63, 3.8) is 0 Å². The fraction of sp³-hybridized carbons (Fsp3) is 0.333. The van der Waals surface area contributed by atoms with Gasteiger partial charge in [0.2, 0.25) is 11.7 Å². The number of hydrazone groups is 1. The van der Waals surface area contributed by atoms with Crippen LogP contribution in [0.5, 0.6) is 0 Å². The van der Waals surface area contributed by atoms with Gasteiger partial charge in [-0.25, -0.2) is 10.2 Å². The number of benzene rings is 1. The third-order valence-electron chi connectivity index (χ3n) is 3.16.